The Balaban J connectivity index is 2.02. The summed E-state index contributed by atoms with van der Waals surface area (Å²) in [6, 6.07) is 12.1. The van der Waals surface area contributed by atoms with Crippen molar-refractivity contribution in [3.05, 3.63) is 53.9 Å². The molecule has 3 heteroatoms. The number of ether oxygens (including phenoxy) is 1. The molecule has 18 heavy (non-hydrogen) atoms. The zero-order chi connectivity index (χ0) is 12.8. The highest BCUT2D eigenvalue weighted by atomic mass is 16.5. The number of hydrogen-bond donors (Lipinski definition) is 1. The first kappa shape index (κ1) is 12.4. The molecule has 1 aromatic carbocycles. The molecular formula is C15H18N2O. The third-order valence-corrected chi connectivity index (χ3v) is 2.70. The minimum absolute atomic E-state index is 0.693. The monoisotopic (exact) mass is 242 g/mol. The lowest BCUT2D eigenvalue weighted by Gasteiger charge is -2.10. The van der Waals surface area contributed by atoms with E-state index in [9.17, 15) is 0 Å². The summed E-state index contributed by atoms with van der Waals surface area (Å²) in [7, 11) is 0. The summed E-state index contributed by atoms with van der Waals surface area (Å²) in [5, 5.41) is 3.38. The number of nitrogens with zero attached hydrogens (tertiary/aromatic N) is 1. The molecule has 0 fully saturated rings. The Bertz CT molecular complexity index is 511. The third-order valence-electron chi connectivity index (χ3n) is 2.70. The Morgan fingerprint density at radius 2 is 2.11 bits per heavy atom. The van der Waals surface area contributed by atoms with Crippen LogP contribution in [0, 0.1) is 6.92 Å². The second kappa shape index (κ2) is 6.05. The van der Waals surface area contributed by atoms with Crippen LogP contribution in [0.15, 0.2) is 42.6 Å². The number of aromatic nitrogens is 1. The van der Waals surface area contributed by atoms with Crippen LogP contribution in [-0.2, 0) is 6.54 Å². The van der Waals surface area contributed by atoms with Gasteiger partial charge in [0.05, 0.1) is 18.0 Å². The fourth-order valence-corrected chi connectivity index (χ4v) is 1.78. The zero-order valence-electron chi connectivity index (χ0n) is 10.8. The van der Waals surface area contributed by atoms with Gasteiger partial charge in [-0.05, 0) is 43.7 Å². The maximum absolute atomic E-state index is 5.48. The first-order valence-corrected chi connectivity index (χ1v) is 6.17. The van der Waals surface area contributed by atoms with E-state index in [1.165, 1.54) is 5.56 Å². The molecule has 0 amide bonds. The number of nitrogens with one attached hydrogen (secondary N) is 1. The summed E-state index contributed by atoms with van der Waals surface area (Å²) in [6.07, 6.45) is 1.80. The Morgan fingerprint density at radius 1 is 1.22 bits per heavy atom. The van der Waals surface area contributed by atoms with E-state index in [0.29, 0.717) is 6.61 Å². The van der Waals surface area contributed by atoms with Crippen molar-refractivity contribution in [1.82, 2.24) is 4.98 Å². The molecule has 3 nitrogen and oxygen atoms in total. The lowest BCUT2D eigenvalue weighted by Crippen LogP contribution is -2.02. The molecule has 94 valence electrons. The van der Waals surface area contributed by atoms with Crippen LogP contribution in [0.25, 0.3) is 0 Å². The van der Waals surface area contributed by atoms with Crippen LogP contribution in [0.1, 0.15) is 18.2 Å². The molecule has 0 radical (unpaired) electrons. The molecule has 1 heterocycles. The Hall–Kier alpha value is -2.03. The molecule has 0 aliphatic rings. The van der Waals surface area contributed by atoms with E-state index < -0.39 is 0 Å². The van der Waals surface area contributed by atoms with E-state index in [2.05, 4.69) is 22.4 Å². The van der Waals surface area contributed by atoms with Crippen LogP contribution in [0.5, 0.6) is 5.75 Å². The first-order chi connectivity index (χ1) is 8.79. The SMILES string of the molecule is CCOc1cccc(CNc2cccnc2C)c1. The van der Waals surface area contributed by atoms with Gasteiger partial charge in [-0.25, -0.2) is 0 Å². The van der Waals surface area contributed by atoms with Crippen molar-refractivity contribution in [1.29, 1.82) is 0 Å². The predicted molar refractivity (Wildman–Crippen MR) is 73.9 cm³/mol. The van der Waals surface area contributed by atoms with Crippen LogP contribution in [0.3, 0.4) is 0 Å². The van der Waals surface area contributed by atoms with Gasteiger partial charge < -0.3 is 10.1 Å². The molecule has 0 atom stereocenters. The molecule has 0 saturated carbocycles. The number of rotatable bonds is 5. The molecule has 0 saturated heterocycles. The normalized spacial score (nSPS) is 10.1. The zero-order valence-corrected chi connectivity index (χ0v) is 10.8. The van der Waals surface area contributed by atoms with Crippen LogP contribution in [0.4, 0.5) is 5.69 Å². The van der Waals surface area contributed by atoms with Gasteiger partial charge >= 0.3 is 0 Å². The number of hydrogen-bond acceptors (Lipinski definition) is 3. The fourth-order valence-electron chi connectivity index (χ4n) is 1.78. The molecule has 0 spiro atoms. The highest BCUT2D eigenvalue weighted by Crippen LogP contribution is 2.16. The Labute approximate surface area is 108 Å². The molecule has 2 rings (SSSR count). The van der Waals surface area contributed by atoms with E-state index in [-0.39, 0.29) is 0 Å². The van der Waals surface area contributed by atoms with Gasteiger partial charge in [0.25, 0.3) is 0 Å². The van der Waals surface area contributed by atoms with E-state index in [1.54, 1.807) is 6.20 Å². The van der Waals surface area contributed by atoms with Gasteiger partial charge in [0.2, 0.25) is 0 Å². The van der Waals surface area contributed by atoms with Crippen LogP contribution in [0.2, 0.25) is 0 Å². The summed E-state index contributed by atoms with van der Waals surface area (Å²) in [5.74, 6) is 0.916. The van der Waals surface area contributed by atoms with Crippen molar-refractivity contribution in [2.24, 2.45) is 0 Å². The average Bonchev–Trinajstić information content (AvgIpc) is 2.39. The molecule has 1 N–H and O–H groups in total. The van der Waals surface area contributed by atoms with Crippen LogP contribution in [-0.4, -0.2) is 11.6 Å². The van der Waals surface area contributed by atoms with Gasteiger partial charge in [-0.3, -0.25) is 4.98 Å². The van der Waals surface area contributed by atoms with E-state index >= 15 is 0 Å². The lowest BCUT2D eigenvalue weighted by molar-refractivity contribution is 0.340. The van der Waals surface area contributed by atoms with Gasteiger partial charge in [0.1, 0.15) is 5.75 Å². The summed E-state index contributed by atoms with van der Waals surface area (Å²) in [5.41, 5.74) is 3.28. The summed E-state index contributed by atoms with van der Waals surface area (Å²) >= 11 is 0. The Morgan fingerprint density at radius 3 is 2.89 bits per heavy atom. The van der Waals surface area contributed by atoms with Crippen molar-refractivity contribution in [2.75, 3.05) is 11.9 Å². The standard InChI is InChI=1S/C15H18N2O/c1-3-18-14-7-4-6-13(10-14)11-17-15-8-5-9-16-12(15)2/h4-10,17H,3,11H2,1-2H3. The number of aryl methyl sites for hydroxylation is 1. The third kappa shape index (κ3) is 3.23. The maximum atomic E-state index is 5.48. The van der Waals surface area contributed by atoms with Gasteiger partial charge in [-0.1, -0.05) is 12.1 Å². The van der Waals surface area contributed by atoms with E-state index in [1.807, 2.05) is 38.1 Å². The topological polar surface area (TPSA) is 34.1 Å². The second-order valence-electron chi connectivity index (χ2n) is 4.07. The molecule has 1 aromatic heterocycles. The molecule has 0 aliphatic carbocycles. The summed E-state index contributed by atoms with van der Waals surface area (Å²) in [6.45, 7) is 5.45. The van der Waals surface area contributed by atoms with E-state index in [0.717, 1.165) is 23.7 Å². The predicted octanol–water partition coefficient (Wildman–Crippen LogP) is 3.40. The quantitative estimate of drug-likeness (QED) is 0.872. The van der Waals surface area contributed by atoms with Crippen molar-refractivity contribution in [3.8, 4) is 5.75 Å². The summed E-state index contributed by atoms with van der Waals surface area (Å²) in [4.78, 5) is 4.25. The molecule has 2 aromatic rings. The molecule has 0 bridgehead atoms. The van der Waals surface area contributed by atoms with Crippen LogP contribution < -0.4 is 10.1 Å². The second-order valence-corrected chi connectivity index (χ2v) is 4.07. The van der Waals surface area contributed by atoms with Gasteiger partial charge in [-0.15, -0.1) is 0 Å². The largest absolute Gasteiger partial charge is 0.494 e. The van der Waals surface area contributed by atoms with Crippen molar-refractivity contribution in [3.63, 3.8) is 0 Å². The lowest BCUT2D eigenvalue weighted by atomic mass is 10.2. The highest BCUT2D eigenvalue weighted by molar-refractivity contribution is 5.47. The number of anilines is 1. The summed E-state index contributed by atoms with van der Waals surface area (Å²) < 4.78 is 5.48. The average molecular weight is 242 g/mol. The fraction of sp³-hybridized carbons (Fsp3) is 0.267. The molecule has 0 unspecified atom stereocenters. The minimum atomic E-state index is 0.693. The Kier molecular flexibility index (Phi) is 4.18. The van der Waals surface area contributed by atoms with Gasteiger partial charge in [0, 0.05) is 12.7 Å². The molecule has 0 aliphatic heterocycles. The first-order valence-electron chi connectivity index (χ1n) is 6.17. The van der Waals surface area contributed by atoms with Crippen molar-refractivity contribution >= 4 is 5.69 Å². The molecular weight excluding hydrogens is 224 g/mol. The highest BCUT2D eigenvalue weighted by Gasteiger charge is 1.99. The van der Waals surface area contributed by atoms with E-state index in [4.69, 9.17) is 4.74 Å². The van der Waals surface area contributed by atoms with Gasteiger partial charge in [0.15, 0.2) is 0 Å². The van der Waals surface area contributed by atoms with Crippen LogP contribution >= 0.6 is 0 Å². The number of benzene rings is 1. The number of pyridine rings is 1. The smallest absolute Gasteiger partial charge is 0.119 e. The minimum Gasteiger partial charge on any atom is -0.494 e. The maximum Gasteiger partial charge on any atom is 0.119 e. The van der Waals surface area contributed by atoms with Gasteiger partial charge in [-0.2, -0.15) is 0 Å². The van der Waals surface area contributed by atoms with Crippen molar-refractivity contribution in [2.45, 2.75) is 20.4 Å². The van der Waals surface area contributed by atoms with Crippen molar-refractivity contribution < 1.29 is 4.74 Å².